The SMILES string of the molecule is O=C(CSc1ccc(NC(=O)c2cccs2)cc1)Nc1nc(-c2ccc(Cl)c(Cl)c2)cs1. The highest BCUT2D eigenvalue weighted by Gasteiger charge is 2.11. The topological polar surface area (TPSA) is 71.1 Å². The summed E-state index contributed by atoms with van der Waals surface area (Å²) in [4.78, 5) is 30.4. The van der Waals surface area contributed by atoms with E-state index in [0.717, 1.165) is 16.2 Å². The predicted molar refractivity (Wildman–Crippen MR) is 136 cm³/mol. The number of thioether (sulfide) groups is 1. The quantitative estimate of drug-likeness (QED) is 0.254. The predicted octanol–water partition coefficient (Wildman–Crippen LogP) is 7.16. The maximum atomic E-state index is 12.3. The zero-order chi connectivity index (χ0) is 22.5. The summed E-state index contributed by atoms with van der Waals surface area (Å²) in [5.74, 6) is -0.0497. The van der Waals surface area contributed by atoms with Gasteiger partial charge in [0.15, 0.2) is 5.13 Å². The lowest BCUT2D eigenvalue weighted by molar-refractivity contribution is -0.113. The summed E-state index contributed by atoms with van der Waals surface area (Å²) in [5, 5.41) is 10.8. The molecule has 4 aromatic rings. The summed E-state index contributed by atoms with van der Waals surface area (Å²) >= 11 is 16.2. The molecule has 162 valence electrons. The molecule has 0 atom stereocenters. The number of nitrogens with one attached hydrogen (secondary N) is 2. The van der Waals surface area contributed by atoms with Gasteiger partial charge in [-0.2, -0.15) is 0 Å². The smallest absolute Gasteiger partial charge is 0.265 e. The first-order chi connectivity index (χ1) is 15.5. The molecule has 0 bridgehead atoms. The van der Waals surface area contributed by atoms with Crippen molar-refractivity contribution in [3.8, 4) is 11.3 Å². The van der Waals surface area contributed by atoms with Gasteiger partial charge in [0.2, 0.25) is 5.91 Å². The van der Waals surface area contributed by atoms with Crippen molar-refractivity contribution in [2.24, 2.45) is 0 Å². The Morgan fingerprint density at radius 3 is 2.50 bits per heavy atom. The molecule has 0 spiro atoms. The van der Waals surface area contributed by atoms with Crippen LogP contribution >= 0.6 is 57.6 Å². The third kappa shape index (κ3) is 5.90. The van der Waals surface area contributed by atoms with Crippen LogP contribution in [0.15, 0.2) is 70.3 Å². The number of nitrogens with zero attached hydrogens (tertiary/aromatic N) is 1. The number of amides is 2. The van der Waals surface area contributed by atoms with Crippen LogP contribution in [-0.4, -0.2) is 22.6 Å². The van der Waals surface area contributed by atoms with Crippen LogP contribution < -0.4 is 10.6 Å². The lowest BCUT2D eigenvalue weighted by atomic mass is 10.2. The Kier molecular flexibility index (Phi) is 7.49. The van der Waals surface area contributed by atoms with Gasteiger partial charge in [-0.25, -0.2) is 4.98 Å². The van der Waals surface area contributed by atoms with Gasteiger partial charge < -0.3 is 10.6 Å². The summed E-state index contributed by atoms with van der Waals surface area (Å²) < 4.78 is 0. The molecule has 4 rings (SSSR count). The zero-order valence-electron chi connectivity index (χ0n) is 16.3. The van der Waals surface area contributed by atoms with Crippen molar-refractivity contribution in [2.45, 2.75) is 4.90 Å². The van der Waals surface area contributed by atoms with E-state index in [-0.39, 0.29) is 17.6 Å². The number of carbonyl (C=O) groups is 2. The second-order valence-corrected chi connectivity index (χ2v) is 10.1. The standard InChI is InChI=1S/C22H15Cl2N3O2S3/c23-16-8-3-13(10-17(16)24)18-11-32-22(26-18)27-20(28)12-31-15-6-4-14(5-7-15)25-21(29)19-2-1-9-30-19/h1-11H,12H2,(H,25,29)(H,26,27,28). The van der Waals surface area contributed by atoms with E-state index >= 15 is 0 Å². The molecule has 10 heteroatoms. The Hall–Kier alpha value is -2.36. The third-order valence-electron chi connectivity index (χ3n) is 4.19. The van der Waals surface area contributed by atoms with E-state index < -0.39 is 0 Å². The van der Waals surface area contributed by atoms with Crippen molar-refractivity contribution >= 4 is 80.3 Å². The average molecular weight is 520 g/mol. The van der Waals surface area contributed by atoms with Crippen molar-refractivity contribution < 1.29 is 9.59 Å². The van der Waals surface area contributed by atoms with Gasteiger partial charge >= 0.3 is 0 Å². The zero-order valence-corrected chi connectivity index (χ0v) is 20.3. The minimum Gasteiger partial charge on any atom is -0.321 e. The molecule has 0 aliphatic carbocycles. The molecular formula is C22H15Cl2N3O2S3. The Labute approximate surface area is 206 Å². The van der Waals surface area contributed by atoms with Gasteiger partial charge in [-0.15, -0.1) is 34.4 Å². The molecule has 0 saturated carbocycles. The second kappa shape index (κ2) is 10.5. The molecule has 0 saturated heterocycles. The minimum absolute atomic E-state index is 0.136. The van der Waals surface area contributed by atoms with Gasteiger partial charge in [0.25, 0.3) is 5.91 Å². The van der Waals surface area contributed by atoms with E-state index in [4.69, 9.17) is 23.2 Å². The van der Waals surface area contributed by atoms with Crippen LogP contribution in [0.4, 0.5) is 10.8 Å². The van der Waals surface area contributed by atoms with E-state index in [9.17, 15) is 9.59 Å². The summed E-state index contributed by atoms with van der Waals surface area (Å²) in [5.41, 5.74) is 2.25. The molecule has 2 aromatic heterocycles. The van der Waals surface area contributed by atoms with Crippen LogP contribution in [0.3, 0.4) is 0 Å². The van der Waals surface area contributed by atoms with Crippen LogP contribution in [-0.2, 0) is 4.79 Å². The maximum Gasteiger partial charge on any atom is 0.265 e. The van der Waals surface area contributed by atoms with Crippen molar-refractivity contribution in [1.29, 1.82) is 0 Å². The first kappa shape index (κ1) is 22.8. The average Bonchev–Trinajstić information content (AvgIpc) is 3.48. The largest absolute Gasteiger partial charge is 0.321 e. The van der Waals surface area contributed by atoms with Crippen molar-refractivity contribution in [2.75, 3.05) is 16.4 Å². The molecule has 5 nitrogen and oxygen atoms in total. The minimum atomic E-state index is -0.153. The molecule has 0 aliphatic heterocycles. The fraction of sp³-hybridized carbons (Fsp3) is 0.0455. The van der Waals surface area contributed by atoms with Gasteiger partial charge in [-0.3, -0.25) is 9.59 Å². The fourth-order valence-corrected chi connectivity index (χ4v) is 5.01. The molecule has 0 aliphatic rings. The fourth-order valence-electron chi connectivity index (χ4n) is 2.66. The summed E-state index contributed by atoms with van der Waals surface area (Å²) in [6, 6.07) is 16.3. The number of benzene rings is 2. The molecule has 0 radical (unpaired) electrons. The van der Waals surface area contributed by atoms with E-state index in [1.807, 2.05) is 47.2 Å². The van der Waals surface area contributed by atoms with E-state index in [2.05, 4.69) is 15.6 Å². The number of halogens is 2. The molecule has 2 amide bonds. The molecule has 2 heterocycles. The van der Waals surface area contributed by atoms with E-state index in [1.165, 1.54) is 34.4 Å². The molecule has 2 N–H and O–H groups in total. The number of hydrogen-bond donors (Lipinski definition) is 2. The Balaban J connectivity index is 1.28. The van der Waals surface area contributed by atoms with Gasteiger partial charge in [0.1, 0.15) is 0 Å². The number of thiophene rings is 1. The van der Waals surface area contributed by atoms with Crippen LogP contribution in [0, 0.1) is 0 Å². The van der Waals surface area contributed by atoms with Gasteiger partial charge in [0.05, 0.1) is 26.4 Å². The molecule has 0 unspecified atom stereocenters. The number of carbonyl (C=O) groups excluding carboxylic acids is 2. The van der Waals surface area contributed by atoms with Crippen molar-refractivity contribution in [1.82, 2.24) is 4.98 Å². The van der Waals surface area contributed by atoms with Gasteiger partial charge in [-0.05, 0) is 47.8 Å². The summed E-state index contributed by atoms with van der Waals surface area (Å²) in [6.45, 7) is 0. The number of aromatic nitrogens is 1. The van der Waals surface area contributed by atoms with Crippen LogP contribution in [0.5, 0.6) is 0 Å². The highest BCUT2D eigenvalue weighted by molar-refractivity contribution is 8.00. The second-order valence-electron chi connectivity index (χ2n) is 6.46. The van der Waals surface area contributed by atoms with E-state index in [0.29, 0.717) is 25.7 Å². The van der Waals surface area contributed by atoms with Crippen LogP contribution in [0.2, 0.25) is 10.0 Å². The first-order valence-electron chi connectivity index (χ1n) is 9.26. The van der Waals surface area contributed by atoms with Gasteiger partial charge in [-0.1, -0.05) is 35.3 Å². The molecule has 2 aromatic carbocycles. The third-order valence-corrected chi connectivity index (χ3v) is 7.57. The van der Waals surface area contributed by atoms with E-state index in [1.54, 1.807) is 18.2 Å². The number of hydrogen-bond acceptors (Lipinski definition) is 6. The lowest BCUT2D eigenvalue weighted by Gasteiger charge is -2.06. The highest BCUT2D eigenvalue weighted by Crippen LogP contribution is 2.30. The molecular weight excluding hydrogens is 505 g/mol. The number of rotatable bonds is 7. The highest BCUT2D eigenvalue weighted by atomic mass is 35.5. The van der Waals surface area contributed by atoms with Crippen LogP contribution in [0.1, 0.15) is 9.67 Å². The normalized spacial score (nSPS) is 10.7. The van der Waals surface area contributed by atoms with Gasteiger partial charge in [0, 0.05) is 21.5 Å². The molecule has 0 fully saturated rings. The first-order valence-corrected chi connectivity index (χ1v) is 12.8. The Bertz CT molecular complexity index is 1240. The summed E-state index contributed by atoms with van der Waals surface area (Å²) in [7, 11) is 0. The number of thiazole rings is 1. The maximum absolute atomic E-state index is 12.3. The molecule has 32 heavy (non-hydrogen) atoms. The Morgan fingerprint density at radius 1 is 0.969 bits per heavy atom. The monoisotopic (exact) mass is 519 g/mol. The summed E-state index contributed by atoms with van der Waals surface area (Å²) in [6.07, 6.45) is 0. The van der Waals surface area contributed by atoms with Crippen molar-refractivity contribution in [3.05, 3.63) is 80.3 Å². The number of anilines is 2. The lowest BCUT2D eigenvalue weighted by Crippen LogP contribution is -2.13. The van der Waals surface area contributed by atoms with Crippen LogP contribution in [0.25, 0.3) is 11.3 Å². The van der Waals surface area contributed by atoms with Crippen molar-refractivity contribution in [3.63, 3.8) is 0 Å². The Morgan fingerprint density at radius 2 is 1.78 bits per heavy atom.